The molecule has 0 aromatic carbocycles. The number of nitrogens with zero attached hydrogens (tertiary/aromatic N) is 1. The van der Waals surface area contributed by atoms with Crippen molar-refractivity contribution in [2.45, 2.75) is 26.4 Å². The summed E-state index contributed by atoms with van der Waals surface area (Å²) in [5, 5.41) is 8.48. The molecule has 1 unspecified atom stereocenters. The van der Waals surface area contributed by atoms with E-state index in [1.54, 1.807) is 18.5 Å². The topological polar surface area (TPSA) is 68.3 Å². The minimum atomic E-state index is -0.600. The van der Waals surface area contributed by atoms with Crippen LogP contribution in [0.3, 0.4) is 0 Å². The van der Waals surface area contributed by atoms with Crippen LogP contribution < -0.4 is 5.32 Å². The Bertz CT molecular complexity index is 571. The lowest BCUT2D eigenvalue weighted by atomic mass is 10.2. The fraction of sp³-hybridized carbons (Fsp3) is 0.308. The molecule has 8 heteroatoms. The third-order valence-electron chi connectivity index (χ3n) is 2.58. The first-order chi connectivity index (χ1) is 10.1. The first kappa shape index (κ1) is 16.1. The van der Waals surface area contributed by atoms with Crippen LogP contribution in [-0.4, -0.2) is 23.0 Å². The Hall–Kier alpha value is -1.25. The van der Waals surface area contributed by atoms with Gasteiger partial charge in [0.25, 0.3) is 5.91 Å². The standard InChI is InChI=1S/C13H14N2O3S3/c1-3-8(2)18-11(17)9(12-19-6-7-20-12)10(16)15-13-14-4-5-21-13/h4-8H,3H2,1-2H3,(H,14,15,16). The second kappa shape index (κ2) is 7.67. The number of hydrogen-bond donors (Lipinski definition) is 1. The van der Waals surface area contributed by atoms with Crippen LogP contribution in [0.5, 0.6) is 0 Å². The zero-order chi connectivity index (χ0) is 15.2. The SMILES string of the molecule is CCC(C)OC(=O)C(C(=O)Nc1nccs1)=C1SC=CS1. The van der Waals surface area contributed by atoms with Gasteiger partial charge in [0.1, 0.15) is 5.57 Å². The molecule has 112 valence electrons. The van der Waals surface area contributed by atoms with E-state index in [1.807, 2.05) is 17.7 Å². The van der Waals surface area contributed by atoms with E-state index in [1.165, 1.54) is 34.9 Å². The van der Waals surface area contributed by atoms with Crippen LogP contribution >= 0.6 is 34.9 Å². The van der Waals surface area contributed by atoms with E-state index in [2.05, 4.69) is 10.3 Å². The van der Waals surface area contributed by atoms with Crippen molar-refractivity contribution in [3.05, 3.63) is 32.2 Å². The van der Waals surface area contributed by atoms with Gasteiger partial charge >= 0.3 is 5.97 Å². The first-order valence-corrected chi connectivity index (χ1v) is 8.90. The summed E-state index contributed by atoms with van der Waals surface area (Å²) in [7, 11) is 0. The lowest BCUT2D eigenvalue weighted by Gasteiger charge is -2.13. The van der Waals surface area contributed by atoms with Crippen molar-refractivity contribution in [3.63, 3.8) is 0 Å². The number of esters is 1. The van der Waals surface area contributed by atoms with Gasteiger partial charge in [0.2, 0.25) is 0 Å². The Morgan fingerprint density at radius 2 is 2.10 bits per heavy atom. The van der Waals surface area contributed by atoms with E-state index in [9.17, 15) is 9.59 Å². The first-order valence-electron chi connectivity index (χ1n) is 6.26. The minimum absolute atomic E-state index is 0.0329. The highest BCUT2D eigenvalue weighted by atomic mass is 32.2. The van der Waals surface area contributed by atoms with Crippen LogP contribution in [0.4, 0.5) is 5.13 Å². The summed E-state index contributed by atoms with van der Waals surface area (Å²) in [5.41, 5.74) is 0.0329. The van der Waals surface area contributed by atoms with Gasteiger partial charge in [0.05, 0.1) is 10.3 Å². The van der Waals surface area contributed by atoms with Gasteiger partial charge in [-0.05, 0) is 24.2 Å². The Morgan fingerprint density at radius 1 is 1.38 bits per heavy atom. The summed E-state index contributed by atoms with van der Waals surface area (Å²) >= 11 is 3.97. The van der Waals surface area contributed by atoms with E-state index >= 15 is 0 Å². The number of hydrogen-bond acceptors (Lipinski definition) is 7. The van der Waals surface area contributed by atoms with Crippen LogP contribution in [0.15, 0.2) is 32.2 Å². The summed E-state index contributed by atoms with van der Waals surface area (Å²) < 4.78 is 5.91. The molecule has 5 nitrogen and oxygen atoms in total. The van der Waals surface area contributed by atoms with Gasteiger partial charge in [0, 0.05) is 11.6 Å². The molecular formula is C13H14N2O3S3. The molecule has 0 aliphatic carbocycles. The maximum atomic E-state index is 12.4. The Kier molecular flexibility index (Phi) is 5.89. The molecule has 21 heavy (non-hydrogen) atoms. The van der Waals surface area contributed by atoms with Crippen molar-refractivity contribution in [1.82, 2.24) is 4.98 Å². The second-order valence-corrected chi connectivity index (χ2v) is 7.07. The highest BCUT2D eigenvalue weighted by molar-refractivity contribution is 8.27. The molecule has 0 fully saturated rings. The predicted molar refractivity (Wildman–Crippen MR) is 87.9 cm³/mol. The van der Waals surface area contributed by atoms with E-state index in [4.69, 9.17) is 4.74 Å². The number of rotatable bonds is 5. The summed E-state index contributed by atoms with van der Waals surface area (Å²) in [5.74, 6) is -1.09. The summed E-state index contributed by atoms with van der Waals surface area (Å²) in [6, 6.07) is 0. The normalized spacial score (nSPS) is 14.9. The summed E-state index contributed by atoms with van der Waals surface area (Å²) in [6.45, 7) is 3.72. The number of thioether (sulfide) groups is 2. The van der Waals surface area contributed by atoms with Gasteiger partial charge in [-0.1, -0.05) is 30.4 Å². The lowest BCUT2D eigenvalue weighted by Crippen LogP contribution is -2.25. The molecule has 0 saturated heterocycles. The van der Waals surface area contributed by atoms with Gasteiger partial charge in [-0.2, -0.15) is 0 Å². The molecule has 1 atom stereocenters. The summed E-state index contributed by atoms with van der Waals surface area (Å²) in [4.78, 5) is 28.6. The molecular weight excluding hydrogens is 328 g/mol. The molecule has 2 rings (SSSR count). The number of aromatic nitrogens is 1. The van der Waals surface area contributed by atoms with E-state index in [0.29, 0.717) is 15.8 Å². The van der Waals surface area contributed by atoms with Crippen LogP contribution in [0, 0.1) is 0 Å². The molecule has 2 heterocycles. The van der Waals surface area contributed by atoms with Gasteiger partial charge in [-0.15, -0.1) is 11.3 Å². The maximum Gasteiger partial charge on any atom is 0.345 e. The van der Waals surface area contributed by atoms with Gasteiger partial charge in [-0.25, -0.2) is 9.78 Å². The average molecular weight is 342 g/mol. The predicted octanol–water partition coefficient (Wildman–Crippen LogP) is 3.59. The molecule has 1 aliphatic heterocycles. The van der Waals surface area contributed by atoms with Crippen molar-refractivity contribution >= 4 is 51.9 Å². The number of amides is 1. The molecule has 1 N–H and O–H groups in total. The van der Waals surface area contributed by atoms with Crippen molar-refractivity contribution < 1.29 is 14.3 Å². The van der Waals surface area contributed by atoms with Crippen molar-refractivity contribution in [3.8, 4) is 0 Å². The van der Waals surface area contributed by atoms with Crippen LogP contribution in [-0.2, 0) is 14.3 Å². The molecule has 0 radical (unpaired) electrons. The van der Waals surface area contributed by atoms with Gasteiger partial charge in [-0.3, -0.25) is 10.1 Å². The van der Waals surface area contributed by atoms with Crippen LogP contribution in [0.2, 0.25) is 0 Å². The molecule has 1 amide bonds. The Balaban J connectivity index is 2.18. The largest absolute Gasteiger partial charge is 0.459 e. The third kappa shape index (κ3) is 4.36. The molecule has 0 saturated carbocycles. The Morgan fingerprint density at radius 3 is 2.67 bits per heavy atom. The van der Waals surface area contributed by atoms with E-state index < -0.39 is 11.9 Å². The fourth-order valence-corrected chi connectivity index (χ4v) is 3.72. The quantitative estimate of drug-likeness (QED) is 0.382. The van der Waals surface area contributed by atoms with Gasteiger partial charge < -0.3 is 4.74 Å². The highest BCUT2D eigenvalue weighted by Gasteiger charge is 2.28. The molecule has 1 aromatic heterocycles. The number of thiazole rings is 1. The number of carbonyl (C=O) groups excluding carboxylic acids is 2. The van der Waals surface area contributed by atoms with Crippen molar-refractivity contribution in [1.29, 1.82) is 0 Å². The number of nitrogens with one attached hydrogen (secondary N) is 1. The molecule has 1 aliphatic rings. The van der Waals surface area contributed by atoms with Gasteiger partial charge in [0.15, 0.2) is 5.13 Å². The number of carbonyl (C=O) groups is 2. The zero-order valence-corrected chi connectivity index (χ0v) is 13.9. The lowest BCUT2D eigenvalue weighted by molar-refractivity contribution is -0.144. The maximum absolute atomic E-state index is 12.4. The Labute approximate surface area is 135 Å². The zero-order valence-electron chi connectivity index (χ0n) is 11.5. The fourth-order valence-electron chi connectivity index (χ4n) is 1.36. The van der Waals surface area contributed by atoms with Crippen molar-refractivity contribution in [2.75, 3.05) is 5.32 Å². The molecule has 0 spiro atoms. The molecule has 1 aromatic rings. The van der Waals surface area contributed by atoms with E-state index in [0.717, 1.165) is 0 Å². The average Bonchev–Trinajstić information content (AvgIpc) is 3.12. The summed E-state index contributed by atoms with van der Waals surface area (Å²) in [6.07, 6.45) is 2.05. The van der Waals surface area contributed by atoms with E-state index in [-0.39, 0.29) is 11.7 Å². The van der Waals surface area contributed by atoms with Crippen molar-refractivity contribution in [2.24, 2.45) is 0 Å². The van der Waals surface area contributed by atoms with Crippen LogP contribution in [0.1, 0.15) is 20.3 Å². The third-order valence-corrected chi connectivity index (χ3v) is 5.40. The van der Waals surface area contributed by atoms with Crippen LogP contribution in [0.25, 0.3) is 0 Å². The molecule has 0 bridgehead atoms. The second-order valence-electron chi connectivity index (χ2n) is 4.09. The number of ether oxygens (including phenoxy) is 1. The monoisotopic (exact) mass is 342 g/mol. The number of anilines is 1. The minimum Gasteiger partial charge on any atom is -0.459 e. The highest BCUT2D eigenvalue weighted by Crippen LogP contribution is 2.40. The smallest absolute Gasteiger partial charge is 0.345 e.